The summed E-state index contributed by atoms with van der Waals surface area (Å²) in [7, 11) is 0. The van der Waals surface area contributed by atoms with Gasteiger partial charge in [-0.25, -0.2) is 0 Å². The first kappa shape index (κ1) is 12.5. The molecular weight excluding hydrogens is 236 g/mol. The fourth-order valence-corrected chi connectivity index (χ4v) is 3.18. The van der Waals surface area contributed by atoms with Crippen LogP contribution in [-0.4, -0.2) is 11.0 Å². The molecule has 0 spiro atoms. The average Bonchev–Trinajstić information content (AvgIpc) is 2.88. The van der Waals surface area contributed by atoms with Crippen LogP contribution in [-0.2, 0) is 0 Å². The summed E-state index contributed by atoms with van der Waals surface area (Å²) in [6.07, 6.45) is 7.95. The lowest BCUT2D eigenvalue weighted by Crippen LogP contribution is -2.30. The Labute approximate surface area is 114 Å². The van der Waals surface area contributed by atoms with Gasteiger partial charge in [0, 0.05) is 6.04 Å². The summed E-state index contributed by atoms with van der Waals surface area (Å²) in [4.78, 5) is 4.52. The molecule has 1 unspecified atom stereocenters. The molecule has 2 aromatic rings. The van der Waals surface area contributed by atoms with E-state index in [0.717, 1.165) is 23.4 Å². The van der Waals surface area contributed by atoms with Crippen LogP contribution >= 0.6 is 0 Å². The van der Waals surface area contributed by atoms with E-state index < -0.39 is 0 Å². The van der Waals surface area contributed by atoms with E-state index in [0.29, 0.717) is 12.1 Å². The van der Waals surface area contributed by atoms with Crippen LogP contribution in [0.2, 0.25) is 0 Å². The Bertz CT molecular complexity index is 495. The number of nitrogens with zero attached hydrogens (tertiary/aromatic N) is 1. The van der Waals surface area contributed by atoms with Gasteiger partial charge >= 0.3 is 0 Å². The Morgan fingerprint density at radius 2 is 2.05 bits per heavy atom. The summed E-state index contributed by atoms with van der Waals surface area (Å²) >= 11 is 0. The van der Waals surface area contributed by atoms with Crippen LogP contribution < -0.4 is 5.32 Å². The first-order valence-corrected chi connectivity index (χ1v) is 7.49. The Morgan fingerprint density at radius 1 is 1.26 bits per heavy atom. The molecule has 0 saturated heterocycles. The third-order valence-corrected chi connectivity index (χ3v) is 4.26. The quantitative estimate of drug-likeness (QED) is 0.871. The molecular formula is C16H22N2O. The van der Waals surface area contributed by atoms with Gasteiger partial charge in [-0.1, -0.05) is 38.3 Å². The lowest BCUT2D eigenvalue weighted by molar-refractivity contribution is 0.309. The van der Waals surface area contributed by atoms with E-state index in [1.807, 2.05) is 24.3 Å². The highest BCUT2D eigenvalue weighted by molar-refractivity contribution is 5.74. The minimum absolute atomic E-state index is 0.494. The van der Waals surface area contributed by atoms with E-state index in [4.69, 9.17) is 4.42 Å². The second-order valence-corrected chi connectivity index (χ2v) is 5.54. The molecule has 1 heterocycles. The molecule has 0 amide bonds. The second-order valence-electron chi connectivity index (χ2n) is 5.54. The number of nitrogens with one attached hydrogen (secondary N) is 1. The van der Waals surface area contributed by atoms with Gasteiger partial charge in [-0.15, -0.1) is 0 Å². The molecule has 1 N–H and O–H groups in total. The molecule has 0 radical (unpaired) electrons. The van der Waals surface area contributed by atoms with Crippen molar-refractivity contribution in [2.45, 2.75) is 51.5 Å². The predicted molar refractivity (Wildman–Crippen MR) is 78.3 cm³/mol. The van der Waals surface area contributed by atoms with Crippen molar-refractivity contribution in [2.75, 3.05) is 5.32 Å². The maximum Gasteiger partial charge on any atom is 0.295 e. The zero-order valence-electron chi connectivity index (χ0n) is 11.6. The van der Waals surface area contributed by atoms with Crippen LogP contribution in [0.1, 0.15) is 45.4 Å². The Balaban J connectivity index is 1.74. The topological polar surface area (TPSA) is 38.1 Å². The smallest absolute Gasteiger partial charge is 0.295 e. The second kappa shape index (κ2) is 5.64. The van der Waals surface area contributed by atoms with Crippen molar-refractivity contribution in [3.05, 3.63) is 24.3 Å². The number of para-hydroxylation sites is 2. The molecule has 1 aromatic heterocycles. The fourth-order valence-electron chi connectivity index (χ4n) is 3.18. The molecule has 3 heteroatoms. The number of oxazole rings is 1. The molecule has 0 bridgehead atoms. The number of aromatic nitrogens is 1. The molecule has 1 aliphatic carbocycles. The van der Waals surface area contributed by atoms with Gasteiger partial charge in [0.25, 0.3) is 6.01 Å². The highest BCUT2D eigenvalue weighted by atomic mass is 16.4. The van der Waals surface area contributed by atoms with E-state index in [9.17, 15) is 0 Å². The maximum absolute atomic E-state index is 5.77. The van der Waals surface area contributed by atoms with Gasteiger partial charge in [0.1, 0.15) is 5.52 Å². The fraction of sp³-hybridized carbons (Fsp3) is 0.562. The summed E-state index contributed by atoms with van der Waals surface area (Å²) in [6.45, 7) is 2.24. The molecule has 1 saturated carbocycles. The van der Waals surface area contributed by atoms with Crippen molar-refractivity contribution in [3.8, 4) is 0 Å². The maximum atomic E-state index is 5.77. The molecule has 0 aliphatic heterocycles. The number of benzene rings is 1. The molecule has 1 fully saturated rings. The first-order chi connectivity index (χ1) is 9.36. The number of fused-ring (bicyclic) bond motifs is 1. The Morgan fingerprint density at radius 3 is 2.79 bits per heavy atom. The van der Waals surface area contributed by atoms with Gasteiger partial charge < -0.3 is 9.73 Å². The van der Waals surface area contributed by atoms with Crippen LogP contribution in [0.5, 0.6) is 0 Å². The van der Waals surface area contributed by atoms with Crippen molar-refractivity contribution >= 4 is 17.1 Å². The Kier molecular flexibility index (Phi) is 3.72. The lowest BCUT2D eigenvalue weighted by Gasteiger charge is -2.29. The molecule has 1 atom stereocenters. The van der Waals surface area contributed by atoms with E-state index >= 15 is 0 Å². The van der Waals surface area contributed by atoms with E-state index in [-0.39, 0.29) is 0 Å². The molecule has 19 heavy (non-hydrogen) atoms. The zero-order chi connectivity index (χ0) is 13.1. The van der Waals surface area contributed by atoms with Crippen molar-refractivity contribution in [3.63, 3.8) is 0 Å². The standard InChI is InChI=1S/C16H22N2O/c1-2-13(12-8-4-3-5-9-12)17-16-18-14-10-6-7-11-15(14)19-16/h6-7,10-13H,2-5,8-9H2,1H3,(H,17,18). The number of hydrogen-bond donors (Lipinski definition) is 1. The summed E-state index contributed by atoms with van der Waals surface area (Å²) in [5.41, 5.74) is 1.80. The van der Waals surface area contributed by atoms with Crippen LogP contribution in [0.4, 0.5) is 6.01 Å². The SMILES string of the molecule is CCC(Nc1nc2ccccc2o1)C1CCCCC1. The molecule has 3 rings (SSSR count). The highest BCUT2D eigenvalue weighted by Gasteiger charge is 2.23. The summed E-state index contributed by atoms with van der Waals surface area (Å²) in [5.74, 6) is 0.772. The van der Waals surface area contributed by atoms with Gasteiger partial charge in [-0.3, -0.25) is 0 Å². The van der Waals surface area contributed by atoms with Gasteiger partial charge in [-0.05, 0) is 37.3 Å². The van der Waals surface area contributed by atoms with E-state index in [1.54, 1.807) is 0 Å². The normalized spacial score (nSPS) is 18.6. The molecule has 1 aliphatic rings. The largest absolute Gasteiger partial charge is 0.424 e. The first-order valence-electron chi connectivity index (χ1n) is 7.49. The van der Waals surface area contributed by atoms with Crippen LogP contribution in [0.3, 0.4) is 0 Å². The summed E-state index contributed by atoms with van der Waals surface area (Å²) in [6, 6.07) is 9.11. The van der Waals surface area contributed by atoms with Gasteiger partial charge in [0.15, 0.2) is 5.58 Å². The monoisotopic (exact) mass is 258 g/mol. The van der Waals surface area contributed by atoms with Crippen molar-refractivity contribution in [2.24, 2.45) is 5.92 Å². The molecule has 1 aromatic carbocycles. The molecule has 3 nitrogen and oxygen atoms in total. The third kappa shape index (κ3) is 2.75. The summed E-state index contributed by atoms with van der Waals surface area (Å²) in [5, 5.41) is 3.51. The van der Waals surface area contributed by atoms with E-state index in [1.165, 1.54) is 32.1 Å². The van der Waals surface area contributed by atoms with Crippen LogP contribution in [0, 0.1) is 5.92 Å². The number of hydrogen-bond acceptors (Lipinski definition) is 3. The molecule has 102 valence electrons. The minimum Gasteiger partial charge on any atom is -0.424 e. The van der Waals surface area contributed by atoms with Crippen LogP contribution in [0.25, 0.3) is 11.1 Å². The Hall–Kier alpha value is -1.51. The van der Waals surface area contributed by atoms with Crippen LogP contribution in [0.15, 0.2) is 28.7 Å². The number of anilines is 1. The van der Waals surface area contributed by atoms with Gasteiger partial charge in [0.05, 0.1) is 0 Å². The third-order valence-electron chi connectivity index (χ3n) is 4.26. The summed E-state index contributed by atoms with van der Waals surface area (Å²) < 4.78 is 5.77. The van der Waals surface area contributed by atoms with Crippen molar-refractivity contribution < 1.29 is 4.42 Å². The number of rotatable bonds is 4. The average molecular weight is 258 g/mol. The minimum atomic E-state index is 0.494. The van der Waals surface area contributed by atoms with Crippen molar-refractivity contribution in [1.29, 1.82) is 0 Å². The zero-order valence-corrected chi connectivity index (χ0v) is 11.6. The lowest BCUT2D eigenvalue weighted by atomic mass is 9.83. The van der Waals surface area contributed by atoms with Crippen molar-refractivity contribution in [1.82, 2.24) is 4.98 Å². The van der Waals surface area contributed by atoms with Gasteiger partial charge in [0.2, 0.25) is 0 Å². The predicted octanol–water partition coefficient (Wildman–Crippen LogP) is 4.60. The highest BCUT2D eigenvalue weighted by Crippen LogP contribution is 2.30. The van der Waals surface area contributed by atoms with Gasteiger partial charge in [-0.2, -0.15) is 4.98 Å². The van der Waals surface area contributed by atoms with E-state index in [2.05, 4.69) is 17.2 Å².